The second-order valence-corrected chi connectivity index (χ2v) is 2.98. The fourth-order valence-electron chi connectivity index (χ4n) is 1.62. The van der Waals surface area contributed by atoms with E-state index in [0.29, 0.717) is 6.04 Å². The van der Waals surface area contributed by atoms with Gasteiger partial charge in [0.15, 0.2) is 0 Å². The Bertz CT molecular complexity index is 312. The Morgan fingerprint density at radius 2 is 2.00 bits per heavy atom. The molecule has 1 heterocycles. The van der Waals surface area contributed by atoms with Crippen molar-refractivity contribution in [2.24, 2.45) is 4.99 Å². The maximum Gasteiger partial charge on any atom is 0.0730 e. The molecule has 11 heavy (non-hydrogen) atoms. The van der Waals surface area contributed by atoms with Crippen LogP contribution in [0.1, 0.15) is 31.0 Å². The maximum atomic E-state index is 4.47. The summed E-state index contributed by atoms with van der Waals surface area (Å²) >= 11 is 0. The smallest absolute Gasteiger partial charge is 0.0730 e. The maximum absolute atomic E-state index is 4.47. The number of aliphatic imine (C=N–C) groups is 1. The van der Waals surface area contributed by atoms with Gasteiger partial charge in [0.25, 0.3) is 0 Å². The minimum Gasteiger partial charge on any atom is -0.282 e. The third kappa shape index (κ3) is 0.881. The van der Waals surface area contributed by atoms with E-state index in [4.69, 9.17) is 0 Å². The third-order valence-corrected chi connectivity index (χ3v) is 2.19. The van der Waals surface area contributed by atoms with E-state index >= 15 is 0 Å². The molecule has 0 aromatic heterocycles. The Hall–Kier alpha value is -1.11. The summed E-state index contributed by atoms with van der Waals surface area (Å²) < 4.78 is 0. The SMILES string of the molecule is CC1=NC(C)c2ccccc21. The Balaban J connectivity index is 2.62. The van der Waals surface area contributed by atoms with Gasteiger partial charge in [0.05, 0.1) is 6.04 Å². The van der Waals surface area contributed by atoms with E-state index in [1.165, 1.54) is 16.8 Å². The average molecular weight is 145 g/mol. The van der Waals surface area contributed by atoms with Gasteiger partial charge in [-0.3, -0.25) is 4.99 Å². The van der Waals surface area contributed by atoms with E-state index < -0.39 is 0 Å². The van der Waals surface area contributed by atoms with Crippen LogP contribution in [0, 0.1) is 0 Å². The lowest BCUT2D eigenvalue weighted by molar-refractivity contribution is 0.842. The summed E-state index contributed by atoms with van der Waals surface area (Å²) in [6.45, 7) is 4.21. The molecule has 0 radical (unpaired) electrons. The van der Waals surface area contributed by atoms with Gasteiger partial charge in [-0.25, -0.2) is 0 Å². The molecule has 1 aliphatic rings. The van der Waals surface area contributed by atoms with Crippen LogP contribution in [-0.4, -0.2) is 5.71 Å². The standard InChI is InChI=1S/C10H11N/c1-7-9-5-3-4-6-10(9)8(2)11-7/h3-7H,1-2H3. The molecule has 0 N–H and O–H groups in total. The van der Waals surface area contributed by atoms with E-state index in [0.717, 1.165) is 0 Å². The first-order chi connectivity index (χ1) is 5.29. The fraction of sp³-hybridized carbons (Fsp3) is 0.300. The molecule has 1 unspecified atom stereocenters. The number of benzene rings is 1. The lowest BCUT2D eigenvalue weighted by Gasteiger charge is -2.00. The molecule has 1 aliphatic heterocycles. The molecule has 1 nitrogen and oxygen atoms in total. The van der Waals surface area contributed by atoms with Crippen molar-refractivity contribution in [3.63, 3.8) is 0 Å². The van der Waals surface area contributed by atoms with Gasteiger partial charge in [0, 0.05) is 11.3 Å². The lowest BCUT2D eigenvalue weighted by Crippen LogP contribution is -1.90. The van der Waals surface area contributed by atoms with Crippen LogP contribution in [0.3, 0.4) is 0 Å². The van der Waals surface area contributed by atoms with Gasteiger partial charge in [-0.05, 0) is 19.4 Å². The molecule has 0 saturated heterocycles. The van der Waals surface area contributed by atoms with Crippen LogP contribution < -0.4 is 0 Å². The summed E-state index contributed by atoms with van der Waals surface area (Å²) in [4.78, 5) is 4.47. The summed E-state index contributed by atoms with van der Waals surface area (Å²) in [6, 6.07) is 8.79. The van der Waals surface area contributed by atoms with E-state index in [2.05, 4.69) is 43.1 Å². The van der Waals surface area contributed by atoms with Gasteiger partial charge < -0.3 is 0 Å². The summed E-state index contributed by atoms with van der Waals surface area (Å²) in [5.74, 6) is 0. The van der Waals surface area contributed by atoms with Crippen LogP contribution in [0.15, 0.2) is 29.3 Å². The second-order valence-electron chi connectivity index (χ2n) is 2.98. The number of fused-ring (bicyclic) bond motifs is 1. The zero-order chi connectivity index (χ0) is 7.84. The first-order valence-corrected chi connectivity index (χ1v) is 3.93. The number of rotatable bonds is 0. The molecule has 0 fully saturated rings. The highest BCUT2D eigenvalue weighted by Gasteiger charge is 2.16. The lowest BCUT2D eigenvalue weighted by atomic mass is 10.0. The topological polar surface area (TPSA) is 12.4 Å². The van der Waals surface area contributed by atoms with Crippen molar-refractivity contribution in [1.29, 1.82) is 0 Å². The highest BCUT2D eigenvalue weighted by molar-refractivity contribution is 6.02. The summed E-state index contributed by atoms with van der Waals surface area (Å²) in [5.41, 5.74) is 3.86. The second kappa shape index (κ2) is 2.19. The predicted octanol–water partition coefficient (Wildman–Crippen LogP) is 2.57. The molecular formula is C10H11N. The molecule has 1 aromatic carbocycles. The molecule has 2 rings (SSSR count). The Morgan fingerprint density at radius 3 is 2.73 bits per heavy atom. The minimum absolute atomic E-state index is 0.367. The van der Waals surface area contributed by atoms with Crippen molar-refractivity contribution in [3.05, 3.63) is 35.4 Å². The largest absolute Gasteiger partial charge is 0.282 e. The quantitative estimate of drug-likeness (QED) is 0.532. The van der Waals surface area contributed by atoms with Gasteiger partial charge in [0.2, 0.25) is 0 Å². The summed E-state index contributed by atoms with van der Waals surface area (Å²) in [5, 5.41) is 0. The van der Waals surface area contributed by atoms with Crippen molar-refractivity contribution in [3.8, 4) is 0 Å². The average Bonchev–Trinajstić information content (AvgIpc) is 2.30. The first-order valence-electron chi connectivity index (χ1n) is 3.93. The van der Waals surface area contributed by atoms with Gasteiger partial charge in [-0.1, -0.05) is 24.3 Å². The van der Waals surface area contributed by atoms with Gasteiger partial charge in [0.1, 0.15) is 0 Å². The predicted molar refractivity (Wildman–Crippen MR) is 47.1 cm³/mol. The number of nitrogens with zero attached hydrogens (tertiary/aromatic N) is 1. The van der Waals surface area contributed by atoms with E-state index in [1.807, 2.05) is 0 Å². The molecule has 0 aliphatic carbocycles. The van der Waals surface area contributed by atoms with Gasteiger partial charge in [-0.2, -0.15) is 0 Å². The van der Waals surface area contributed by atoms with Crippen molar-refractivity contribution < 1.29 is 0 Å². The zero-order valence-corrected chi connectivity index (χ0v) is 6.83. The monoisotopic (exact) mass is 145 g/mol. The molecule has 0 saturated carbocycles. The zero-order valence-electron chi connectivity index (χ0n) is 6.83. The minimum atomic E-state index is 0.367. The highest BCUT2D eigenvalue weighted by atomic mass is 14.8. The Labute approximate surface area is 66.8 Å². The fourth-order valence-corrected chi connectivity index (χ4v) is 1.62. The van der Waals surface area contributed by atoms with Crippen molar-refractivity contribution >= 4 is 5.71 Å². The van der Waals surface area contributed by atoms with E-state index in [9.17, 15) is 0 Å². The van der Waals surface area contributed by atoms with E-state index in [-0.39, 0.29) is 0 Å². The first kappa shape index (κ1) is 6.59. The molecule has 1 aromatic rings. The third-order valence-electron chi connectivity index (χ3n) is 2.19. The molecule has 0 bridgehead atoms. The molecule has 0 amide bonds. The van der Waals surface area contributed by atoms with Crippen LogP contribution in [0.2, 0.25) is 0 Å². The van der Waals surface area contributed by atoms with Crippen LogP contribution in [0.25, 0.3) is 0 Å². The van der Waals surface area contributed by atoms with Gasteiger partial charge in [-0.15, -0.1) is 0 Å². The van der Waals surface area contributed by atoms with Crippen LogP contribution in [0.5, 0.6) is 0 Å². The normalized spacial score (nSPS) is 21.3. The van der Waals surface area contributed by atoms with Crippen LogP contribution >= 0.6 is 0 Å². The Kier molecular flexibility index (Phi) is 1.31. The van der Waals surface area contributed by atoms with Gasteiger partial charge >= 0.3 is 0 Å². The highest BCUT2D eigenvalue weighted by Crippen LogP contribution is 2.28. The van der Waals surface area contributed by atoms with E-state index in [1.54, 1.807) is 0 Å². The molecule has 0 spiro atoms. The number of hydrogen-bond acceptors (Lipinski definition) is 1. The molecule has 1 atom stereocenters. The van der Waals surface area contributed by atoms with Crippen molar-refractivity contribution in [2.45, 2.75) is 19.9 Å². The van der Waals surface area contributed by atoms with Crippen molar-refractivity contribution in [2.75, 3.05) is 0 Å². The molecule has 1 heteroatoms. The van der Waals surface area contributed by atoms with Crippen LogP contribution in [0.4, 0.5) is 0 Å². The summed E-state index contributed by atoms with van der Waals surface area (Å²) in [7, 11) is 0. The Morgan fingerprint density at radius 1 is 1.27 bits per heavy atom. The number of hydrogen-bond donors (Lipinski definition) is 0. The summed E-state index contributed by atoms with van der Waals surface area (Å²) in [6.07, 6.45) is 0. The molecule has 56 valence electrons. The molecular weight excluding hydrogens is 134 g/mol. The van der Waals surface area contributed by atoms with Crippen molar-refractivity contribution in [1.82, 2.24) is 0 Å². The van der Waals surface area contributed by atoms with Crippen LogP contribution in [-0.2, 0) is 0 Å².